The van der Waals surface area contributed by atoms with E-state index in [1.165, 1.54) is 4.57 Å². The predicted molar refractivity (Wildman–Crippen MR) is 86.2 cm³/mol. The van der Waals surface area contributed by atoms with Crippen LogP contribution in [0.5, 0.6) is 0 Å². The van der Waals surface area contributed by atoms with Gasteiger partial charge in [0.2, 0.25) is 5.91 Å². The second kappa shape index (κ2) is 6.56. The lowest BCUT2D eigenvalue weighted by Gasteiger charge is -2.39. The van der Waals surface area contributed by atoms with Gasteiger partial charge in [0.15, 0.2) is 0 Å². The molecule has 1 amide bonds. The highest BCUT2D eigenvalue weighted by molar-refractivity contribution is 5.76. The molecule has 1 atom stereocenters. The highest BCUT2D eigenvalue weighted by Crippen LogP contribution is 2.23. The van der Waals surface area contributed by atoms with Crippen molar-refractivity contribution in [3.63, 3.8) is 0 Å². The van der Waals surface area contributed by atoms with E-state index >= 15 is 0 Å². The maximum absolute atomic E-state index is 12.5. The summed E-state index contributed by atoms with van der Waals surface area (Å²) in [6, 6.07) is 3.47. The van der Waals surface area contributed by atoms with Gasteiger partial charge in [0.1, 0.15) is 12.1 Å². The average molecular weight is 331 g/mol. The van der Waals surface area contributed by atoms with Gasteiger partial charge in [0.05, 0.1) is 19.3 Å². The van der Waals surface area contributed by atoms with E-state index in [0.717, 1.165) is 0 Å². The number of nitrogens with zero attached hydrogens (tertiary/aromatic N) is 5. The third kappa shape index (κ3) is 3.53. The summed E-state index contributed by atoms with van der Waals surface area (Å²) >= 11 is 0. The topological polar surface area (TPSA) is 93.2 Å². The molecule has 3 rings (SSSR count). The lowest BCUT2D eigenvalue weighted by atomic mass is 9.92. The molecule has 128 valence electrons. The van der Waals surface area contributed by atoms with Crippen molar-refractivity contribution in [2.45, 2.75) is 38.5 Å². The fraction of sp³-hybridized carbons (Fsp3) is 0.500. The van der Waals surface area contributed by atoms with Crippen molar-refractivity contribution >= 4 is 5.91 Å². The second-order valence-corrected chi connectivity index (χ2v) is 6.37. The van der Waals surface area contributed by atoms with Crippen molar-refractivity contribution < 1.29 is 9.90 Å². The Labute approximate surface area is 139 Å². The third-order valence-corrected chi connectivity index (χ3v) is 4.35. The number of hydrogen-bond donors (Lipinski definition) is 1. The Bertz CT molecular complexity index is 770. The largest absolute Gasteiger partial charge is 0.386 e. The highest BCUT2D eigenvalue weighted by atomic mass is 16.3. The van der Waals surface area contributed by atoms with Gasteiger partial charge < -0.3 is 14.6 Å². The summed E-state index contributed by atoms with van der Waals surface area (Å²) in [5.74, 6) is -0.167. The van der Waals surface area contributed by atoms with Gasteiger partial charge in [-0.2, -0.15) is 0 Å². The van der Waals surface area contributed by atoms with Gasteiger partial charge in [0.25, 0.3) is 5.56 Å². The van der Waals surface area contributed by atoms with Crippen molar-refractivity contribution in [1.29, 1.82) is 0 Å². The summed E-state index contributed by atoms with van der Waals surface area (Å²) in [5.41, 5.74) is -0.591. The van der Waals surface area contributed by atoms with Gasteiger partial charge in [-0.3, -0.25) is 9.59 Å². The molecular weight excluding hydrogens is 310 g/mol. The van der Waals surface area contributed by atoms with Crippen LogP contribution in [0.4, 0.5) is 0 Å². The summed E-state index contributed by atoms with van der Waals surface area (Å²) in [6.07, 6.45) is 6.16. The molecule has 0 saturated carbocycles. The van der Waals surface area contributed by atoms with Crippen LogP contribution in [0.15, 0.2) is 35.5 Å². The Morgan fingerprint density at radius 1 is 1.42 bits per heavy atom. The van der Waals surface area contributed by atoms with E-state index in [1.807, 2.05) is 0 Å². The molecule has 1 fully saturated rings. The summed E-state index contributed by atoms with van der Waals surface area (Å²) in [4.78, 5) is 26.2. The maximum Gasteiger partial charge on any atom is 0.253 e. The minimum Gasteiger partial charge on any atom is -0.386 e. The molecule has 3 heterocycles. The quantitative estimate of drug-likeness (QED) is 0.838. The molecule has 0 radical (unpaired) electrons. The van der Waals surface area contributed by atoms with Gasteiger partial charge >= 0.3 is 0 Å². The molecule has 0 aromatic carbocycles. The van der Waals surface area contributed by atoms with Crippen molar-refractivity contribution in [2.75, 3.05) is 13.1 Å². The Morgan fingerprint density at radius 2 is 2.25 bits per heavy atom. The normalized spacial score (nSPS) is 21.0. The molecule has 8 heteroatoms. The number of pyridine rings is 1. The zero-order valence-corrected chi connectivity index (χ0v) is 13.6. The number of aromatic nitrogens is 4. The van der Waals surface area contributed by atoms with E-state index in [9.17, 15) is 14.7 Å². The first-order valence-corrected chi connectivity index (χ1v) is 7.97. The Balaban J connectivity index is 1.69. The van der Waals surface area contributed by atoms with E-state index < -0.39 is 5.60 Å². The van der Waals surface area contributed by atoms with Crippen LogP contribution in [-0.2, 0) is 17.9 Å². The molecule has 1 aliphatic rings. The maximum atomic E-state index is 12.5. The van der Waals surface area contributed by atoms with Crippen molar-refractivity contribution in [2.24, 2.45) is 0 Å². The van der Waals surface area contributed by atoms with Gasteiger partial charge in [-0.05, 0) is 25.8 Å². The van der Waals surface area contributed by atoms with Crippen LogP contribution in [-0.4, -0.2) is 54.2 Å². The number of carbonyl (C=O) groups is 1. The fourth-order valence-electron chi connectivity index (χ4n) is 3.10. The van der Waals surface area contributed by atoms with E-state index in [4.69, 9.17) is 0 Å². The van der Waals surface area contributed by atoms with Crippen molar-refractivity contribution in [3.05, 3.63) is 46.6 Å². The highest BCUT2D eigenvalue weighted by Gasteiger charge is 2.35. The third-order valence-electron chi connectivity index (χ3n) is 4.35. The second-order valence-electron chi connectivity index (χ2n) is 6.37. The van der Waals surface area contributed by atoms with E-state index in [0.29, 0.717) is 31.5 Å². The number of rotatable bonds is 4. The number of aryl methyl sites for hydroxylation is 1. The summed E-state index contributed by atoms with van der Waals surface area (Å²) in [7, 11) is 0. The van der Waals surface area contributed by atoms with Crippen LogP contribution in [0, 0.1) is 6.92 Å². The fourth-order valence-corrected chi connectivity index (χ4v) is 3.10. The molecule has 2 aromatic heterocycles. The molecule has 8 nitrogen and oxygen atoms in total. The first-order valence-electron chi connectivity index (χ1n) is 7.97. The van der Waals surface area contributed by atoms with Crippen LogP contribution >= 0.6 is 0 Å². The molecule has 1 N–H and O–H groups in total. The molecular formula is C16H21N5O3. The minimum absolute atomic E-state index is 0.0140. The average Bonchev–Trinajstić information content (AvgIpc) is 3.04. The number of piperidine rings is 1. The number of likely N-dealkylation sites (tertiary alicyclic amines) is 1. The summed E-state index contributed by atoms with van der Waals surface area (Å²) < 4.78 is 2.97. The van der Waals surface area contributed by atoms with Crippen LogP contribution in [0.25, 0.3) is 0 Å². The zero-order valence-electron chi connectivity index (χ0n) is 13.6. The van der Waals surface area contributed by atoms with Gasteiger partial charge in [0, 0.05) is 24.5 Å². The standard InChI is InChI=1S/C16H21N5O3/c1-13-4-2-7-19(15(13)23)10-14(22)20-8-3-5-16(24,11-20)12-21-9-6-17-18-21/h2,4,6-7,9,24H,3,5,8,10-12H2,1H3. The van der Waals surface area contributed by atoms with Crippen molar-refractivity contribution in [1.82, 2.24) is 24.5 Å². The molecule has 24 heavy (non-hydrogen) atoms. The first-order chi connectivity index (χ1) is 11.5. The van der Waals surface area contributed by atoms with Gasteiger partial charge in [-0.1, -0.05) is 11.3 Å². The Morgan fingerprint density at radius 3 is 3.00 bits per heavy atom. The predicted octanol–water partition coefficient (Wildman–Crippen LogP) is -0.198. The number of hydrogen-bond acceptors (Lipinski definition) is 5. The number of β-amino-alcohol motifs (C(OH)–C–C–N with tert-alkyl or cyclic N) is 1. The molecule has 1 aliphatic heterocycles. The summed E-state index contributed by atoms with van der Waals surface area (Å²) in [6.45, 7) is 2.81. The number of amides is 1. The van der Waals surface area contributed by atoms with Crippen LogP contribution < -0.4 is 5.56 Å². The van der Waals surface area contributed by atoms with Gasteiger partial charge in [-0.15, -0.1) is 5.10 Å². The van der Waals surface area contributed by atoms with E-state index in [1.54, 1.807) is 47.2 Å². The monoisotopic (exact) mass is 331 g/mol. The first kappa shape index (κ1) is 16.4. The van der Waals surface area contributed by atoms with Crippen LogP contribution in [0.3, 0.4) is 0 Å². The smallest absolute Gasteiger partial charge is 0.253 e. The van der Waals surface area contributed by atoms with Gasteiger partial charge in [-0.25, -0.2) is 4.68 Å². The number of carbonyl (C=O) groups excluding carboxylic acids is 1. The Hall–Kier alpha value is -2.48. The molecule has 1 unspecified atom stereocenters. The summed E-state index contributed by atoms with van der Waals surface area (Å²) in [5, 5.41) is 18.4. The molecule has 2 aromatic rings. The zero-order chi connectivity index (χ0) is 17.2. The lowest BCUT2D eigenvalue weighted by molar-refractivity contribution is -0.140. The lowest BCUT2D eigenvalue weighted by Crippen LogP contribution is -2.53. The number of aliphatic hydroxyl groups is 1. The van der Waals surface area contributed by atoms with Crippen LogP contribution in [0.1, 0.15) is 18.4 Å². The molecule has 0 bridgehead atoms. The molecule has 1 saturated heterocycles. The molecule has 0 aliphatic carbocycles. The Kier molecular flexibility index (Phi) is 4.48. The molecule has 0 spiro atoms. The van der Waals surface area contributed by atoms with E-state index in [2.05, 4.69) is 10.3 Å². The van der Waals surface area contributed by atoms with Crippen LogP contribution in [0.2, 0.25) is 0 Å². The SMILES string of the molecule is Cc1cccn(CC(=O)N2CCCC(O)(Cn3ccnn3)C2)c1=O. The van der Waals surface area contributed by atoms with Crippen molar-refractivity contribution in [3.8, 4) is 0 Å². The van der Waals surface area contributed by atoms with E-state index in [-0.39, 0.29) is 24.6 Å². The minimum atomic E-state index is -1.03.